The number of carbonyl (C=O) groups excluding carboxylic acids is 14. The Labute approximate surface area is 611 Å². The van der Waals surface area contributed by atoms with Gasteiger partial charge in [0.15, 0.2) is 0 Å². The molecule has 1 heterocycles. The highest BCUT2D eigenvalue weighted by atomic mass is 32.1. The molecule has 0 spiro atoms. The summed E-state index contributed by atoms with van der Waals surface area (Å²) >= 11 is 24.6. The van der Waals surface area contributed by atoms with Crippen LogP contribution in [0.5, 0.6) is 11.5 Å². The van der Waals surface area contributed by atoms with Gasteiger partial charge in [0, 0.05) is 60.3 Å². The lowest BCUT2D eigenvalue weighted by molar-refractivity contribution is -0.143. The highest BCUT2D eigenvalue weighted by Gasteiger charge is 2.41. The van der Waals surface area contributed by atoms with Crippen LogP contribution in [0, 0.1) is 0 Å². The molecule has 42 heteroatoms. The van der Waals surface area contributed by atoms with Gasteiger partial charge in [0.1, 0.15) is 84.0 Å². The number of nitrogens with two attached hydrogens (primary N) is 2. The number of aliphatic hydroxyl groups is 1. The van der Waals surface area contributed by atoms with Gasteiger partial charge in [-0.2, -0.15) is 75.8 Å². The summed E-state index contributed by atoms with van der Waals surface area (Å²) in [7, 11) is 0. The van der Waals surface area contributed by atoms with E-state index in [0.29, 0.717) is 11.1 Å². The number of benzene rings is 2. The number of rotatable bonds is 42. The first kappa shape index (κ1) is 86.8. The van der Waals surface area contributed by atoms with Gasteiger partial charge >= 0.3 is 11.9 Å². The molecule has 1 fully saturated rings. The second kappa shape index (κ2) is 43.4. The number of phenolic OH excluding ortho intramolecular Hbond substituents is 2. The Kier molecular flexibility index (Phi) is 37.3. The first-order chi connectivity index (χ1) is 47.6. The summed E-state index contributed by atoms with van der Waals surface area (Å²) in [5, 5.41) is 77.2. The minimum atomic E-state index is -1.78. The zero-order chi connectivity index (χ0) is 76.0. The fraction of sp³-hybridized carbons (Fsp3) is 0.525. The Morgan fingerprint density at radius 3 is 1.34 bits per heavy atom. The summed E-state index contributed by atoms with van der Waals surface area (Å²) in [4.78, 5) is 213. The molecular weight excluding hydrogens is 1450 g/mol. The molecular formula is C59H85N15O21S6. The van der Waals surface area contributed by atoms with Crippen molar-refractivity contribution < 1.29 is 102 Å². The highest BCUT2D eigenvalue weighted by molar-refractivity contribution is 7.81. The lowest BCUT2D eigenvalue weighted by Gasteiger charge is -2.30. The normalized spacial score (nSPS) is 16.4. The van der Waals surface area contributed by atoms with Crippen LogP contribution in [-0.2, 0) is 89.6 Å². The van der Waals surface area contributed by atoms with Gasteiger partial charge in [-0.1, -0.05) is 24.3 Å². The van der Waals surface area contributed by atoms with Crippen molar-refractivity contribution in [2.24, 2.45) is 11.5 Å². The Hall–Kier alpha value is -8.42. The number of nitrogens with zero attached hydrogens (tertiary/aromatic N) is 1. The average Bonchev–Trinajstić information content (AvgIpc) is 1.74. The Balaban J connectivity index is 1.68. The van der Waals surface area contributed by atoms with Crippen LogP contribution in [0.1, 0.15) is 57.1 Å². The van der Waals surface area contributed by atoms with Crippen LogP contribution < -0.4 is 75.3 Å². The van der Waals surface area contributed by atoms with Gasteiger partial charge in [0.25, 0.3) is 0 Å². The summed E-state index contributed by atoms with van der Waals surface area (Å²) in [5.74, 6) is -19.3. The SMILES string of the molecule is C[C@H](NC(=O)[C@@H]1CCCN1C(=O)[C@H](CC(N)=O)NC(=O)[C@H](CS)NC(=O)[C@H](CS)NC(=O)[C@H](Cc1ccc(O)cc1)NC(=O)[C@H](CCC(=O)O)NC(=O)[C@H](CS)NC(=O)[C@@H](N)CS)C(=O)N[C@@H](CS)C(=O)N[C@H](C(=O)NCC(=O)N[C@@H](CS)C(=O)N[C@@H](Cc1ccc(O)cc1)C(=O)O)[C@@H](C)O. The number of carbonyl (C=O) groups is 16. The summed E-state index contributed by atoms with van der Waals surface area (Å²) in [6, 6.07) is -8.90. The minimum absolute atomic E-state index is 0.00496. The molecule has 2 aromatic rings. The van der Waals surface area contributed by atoms with Gasteiger partial charge in [-0.15, -0.1) is 0 Å². The molecule has 14 amide bonds. The van der Waals surface area contributed by atoms with Crippen molar-refractivity contribution >= 4 is 170 Å². The maximum absolute atomic E-state index is 14.2. The first-order valence-corrected chi connectivity index (χ1v) is 34.7. The molecule has 0 unspecified atom stereocenters. The van der Waals surface area contributed by atoms with Crippen molar-refractivity contribution in [3.8, 4) is 11.5 Å². The van der Waals surface area contributed by atoms with E-state index >= 15 is 0 Å². The van der Waals surface area contributed by atoms with Crippen molar-refractivity contribution in [2.75, 3.05) is 47.6 Å². The number of hydrogen-bond acceptors (Lipinski definition) is 26. The number of thiol groups is 6. The zero-order valence-electron chi connectivity index (χ0n) is 54.4. The van der Waals surface area contributed by atoms with E-state index in [4.69, 9.17) is 11.5 Å². The van der Waals surface area contributed by atoms with E-state index in [-0.39, 0.29) is 61.0 Å². The van der Waals surface area contributed by atoms with Crippen LogP contribution in [-0.4, -0.2) is 257 Å². The topological polar surface area (TPSA) is 574 Å². The van der Waals surface area contributed by atoms with Crippen LogP contribution in [0.2, 0.25) is 0 Å². The molecule has 0 bridgehead atoms. The number of amides is 14. The van der Waals surface area contributed by atoms with Crippen LogP contribution in [0.15, 0.2) is 48.5 Å². The molecule has 558 valence electrons. The van der Waals surface area contributed by atoms with E-state index < -0.39 is 222 Å². The molecule has 0 saturated carbocycles. The standard InChI is InChI=1S/C59H85N15O21S6/c1-26(47(82)69-41(25-101)55(90)73-46(27(2)75)57(92)62-19-44(79)64-37(21-97)51(86)68-36(59(94)95)17-29-7-11-31(77)12-8-29)63-56(91)42-4-3-15-74(42)58(93)35(18-43(61)78)67-53(88)39(23-99)72-54(89)40(24-100)71-50(85)34(16-28-5-9-30(76)10-6-28)66-49(84)33(13-14-45(80)81)65-52(87)38(22-98)70-48(83)32(60)20-96/h5-12,26-27,32-42,46,75-77,96-101H,3-4,13-25,60H2,1-2H3,(H2,61,78)(H,62,92)(H,63,91)(H,64,79)(H,65,87)(H,66,84)(H,67,88)(H,68,86)(H,69,82)(H,70,83)(H,71,85)(H,72,89)(H,73,90)(H,80,81)(H,94,95)/t26-,27+,32-,33-,34-,35-,36-,37-,38-,39-,40-,41-,42-,46-/m0/s1. The molecule has 1 saturated heterocycles. The van der Waals surface area contributed by atoms with Crippen LogP contribution in [0.3, 0.4) is 0 Å². The van der Waals surface area contributed by atoms with Gasteiger partial charge < -0.3 is 106 Å². The fourth-order valence-corrected chi connectivity index (χ4v) is 10.9. The van der Waals surface area contributed by atoms with Crippen LogP contribution in [0.4, 0.5) is 0 Å². The number of aliphatic hydroxyl groups excluding tert-OH is 1. The molecule has 14 atom stereocenters. The van der Waals surface area contributed by atoms with E-state index in [1.807, 2.05) is 0 Å². The van der Waals surface area contributed by atoms with Crippen LogP contribution in [0.25, 0.3) is 0 Å². The number of aliphatic carboxylic acids is 2. The van der Waals surface area contributed by atoms with Gasteiger partial charge in [-0.3, -0.25) is 71.9 Å². The van der Waals surface area contributed by atoms with Gasteiger partial charge in [-0.05, 0) is 68.5 Å². The number of nitrogens with one attached hydrogen (secondary N) is 12. The second-order valence-corrected chi connectivity index (χ2v) is 25.0. The predicted octanol–water partition coefficient (Wildman–Crippen LogP) is -7.55. The molecule has 0 aliphatic carbocycles. The molecule has 0 radical (unpaired) electrons. The lowest BCUT2D eigenvalue weighted by atomic mass is 10.0. The summed E-state index contributed by atoms with van der Waals surface area (Å²) in [6.45, 7) is 1.38. The Bertz CT molecular complexity index is 3290. The number of hydrogen-bond donors (Lipinski definition) is 25. The van der Waals surface area contributed by atoms with Crippen molar-refractivity contribution in [1.82, 2.24) is 68.7 Å². The maximum Gasteiger partial charge on any atom is 0.326 e. The highest BCUT2D eigenvalue weighted by Crippen LogP contribution is 2.21. The van der Waals surface area contributed by atoms with Crippen molar-refractivity contribution in [3.05, 3.63) is 59.7 Å². The summed E-state index contributed by atoms with van der Waals surface area (Å²) in [6.07, 6.45) is -4.01. The van der Waals surface area contributed by atoms with Crippen molar-refractivity contribution in [1.29, 1.82) is 0 Å². The van der Waals surface area contributed by atoms with Crippen molar-refractivity contribution in [3.63, 3.8) is 0 Å². The lowest BCUT2D eigenvalue weighted by Crippen LogP contribution is -2.61. The number of carboxylic acids is 2. The average molecular weight is 1530 g/mol. The molecule has 21 N–H and O–H groups in total. The van der Waals surface area contributed by atoms with Crippen LogP contribution >= 0.6 is 75.8 Å². The zero-order valence-corrected chi connectivity index (χ0v) is 59.7. The van der Waals surface area contributed by atoms with Gasteiger partial charge in [-0.25, -0.2) is 4.79 Å². The molecule has 36 nitrogen and oxygen atoms in total. The van der Waals surface area contributed by atoms with E-state index in [1.54, 1.807) is 0 Å². The minimum Gasteiger partial charge on any atom is -0.508 e. The van der Waals surface area contributed by atoms with E-state index in [0.717, 1.165) is 11.8 Å². The summed E-state index contributed by atoms with van der Waals surface area (Å²) < 4.78 is 0. The number of aromatic hydroxyl groups is 2. The monoisotopic (exact) mass is 1530 g/mol. The molecule has 0 aromatic heterocycles. The molecule has 1 aliphatic rings. The smallest absolute Gasteiger partial charge is 0.326 e. The number of phenols is 2. The number of likely N-dealkylation sites (tertiary alicyclic amines) is 1. The van der Waals surface area contributed by atoms with E-state index in [2.05, 4.69) is 140 Å². The third-order valence-electron chi connectivity index (χ3n) is 15.0. The number of primary amides is 1. The predicted molar refractivity (Wildman–Crippen MR) is 379 cm³/mol. The quantitative estimate of drug-likeness (QED) is 0.0275. The van der Waals surface area contributed by atoms with Crippen molar-refractivity contribution in [2.45, 2.75) is 143 Å². The maximum atomic E-state index is 14.2. The second-order valence-electron chi connectivity index (χ2n) is 22.9. The molecule has 3 rings (SSSR count). The molecule has 101 heavy (non-hydrogen) atoms. The largest absolute Gasteiger partial charge is 0.508 e. The Morgan fingerprint density at radius 2 is 0.891 bits per heavy atom. The van der Waals surface area contributed by atoms with Gasteiger partial charge in [0.05, 0.1) is 25.1 Å². The molecule has 2 aromatic carbocycles. The third-order valence-corrected chi connectivity index (χ3v) is 17.2. The first-order valence-electron chi connectivity index (χ1n) is 30.9. The molecule has 1 aliphatic heterocycles. The number of carboxylic acid groups (broad SMARTS) is 2. The Morgan fingerprint density at radius 1 is 0.495 bits per heavy atom. The fourth-order valence-electron chi connectivity index (χ4n) is 9.41. The van der Waals surface area contributed by atoms with E-state index in [1.165, 1.54) is 55.5 Å². The van der Waals surface area contributed by atoms with E-state index in [9.17, 15) is 102 Å². The third kappa shape index (κ3) is 28.9. The van der Waals surface area contributed by atoms with Gasteiger partial charge in [0.2, 0.25) is 82.7 Å². The summed E-state index contributed by atoms with van der Waals surface area (Å²) in [5.41, 5.74) is 12.0.